The average Bonchev–Trinajstić information content (AvgIpc) is 3.00. The third kappa shape index (κ3) is 2.36. The molecule has 0 aliphatic carbocycles. The number of carbonyl (C=O) groups is 2. The Balaban J connectivity index is 1.93. The van der Waals surface area contributed by atoms with Gasteiger partial charge in [-0.2, -0.15) is 0 Å². The van der Waals surface area contributed by atoms with Gasteiger partial charge in [-0.05, 0) is 47.9 Å². The standard InChI is InChI=1S/C15H18N6O2/c1-9-5-6-11(7-10(9)2)15(3)13(22)21(14(23)16-15)8-12-17-18-19-20(12)4/h5-7H,8H2,1-4H3,(H,16,23). The van der Waals surface area contributed by atoms with Crippen molar-refractivity contribution in [3.8, 4) is 0 Å². The van der Waals surface area contributed by atoms with Gasteiger partial charge in [0, 0.05) is 7.05 Å². The Bertz CT molecular complexity index is 799. The van der Waals surface area contributed by atoms with E-state index >= 15 is 0 Å². The summed E-state index contributed by atoms with van der Waals surface area (Å²) in [7, 11) is 1.66. The molecule has 8 heteroatoms. The molecule has 0 bridgehead atoms. The maximum Gasteiger partial charge on any atom is 0.325 e. The Kier molecular flexibility index (Phi) is 3.39. The van der Waals surface area contributed by atoms with Crippen LogP contribution in [0, 0.1) is 13.8 Å². The molecule has 1 aliphatic heterocycles. The van der Waals surface area contributed by atoms with Crippen LogP contribution < -0.4 is 5.32 Å². The summed E-state index contributed by atoms with van der Waals surface area (Å²) < 4.78 is 1.44. The Morgan fingerprint density at radius 1 is 1.22 bits per heavy atom. The van der Waals surface area contributed by atoms with Crippen LogP contribution in [0.4, 0.5) is 4.79 Å². The summed E-state index contributed by atoms with van der Waals surface area (Å²) in [5.74, 6) is 0.131. The minimum absolute atomic E-state index is 0.0363. The quantitative estimate of drug-likeness (QED) is 0.846. The van der Waals surface area contributed by atoms with Gasteiger partial charge in [0.1, 0.15) is 5.54 Å². The monoisotopic (exact) mass is 314 g/mol. The molecule has 0 saturated carbocycles. The molecule has 1 fully saturated rings. The van der Waals surface area contributed by atoms with Crippen LogP contribution in [0.1, 0.15) is 29.4 Å². The zero-order valence-electron chi connectivity index (χ0n) is 13.5. The summed E-state index contributed by atoms with van der Waals surface area (Å²) in [6.07, 6.45) is 0. The second-order valence-electron chi connectivity index (χ2n) is 5.96. The Labute approximate surface area is 133 Å². The summed E-state index contributed by atoms with van der Waals surface area (Å²) in [6, 6.07) is 5.30. The van der Waals surface area contributed by atoms with E-state index in [9.17, 15) is 9.59 Å². The number of aryl methyl sites for hydroxylation is 3. The van der Waals surface area contributed by atoms with E-state index in [4.69, 9.17) is 0 Å². The van der Waals surface area contributed by atoms with Crippen molar-refractivity contribution < 1.29 is 9.59 Å². The minimum Gasteiger partial charge on any atom is -0.319 e. The third-order valence-corrected chi connectivity index (χ3v) is 4.37. The fraction of sp³-hybridized carbons (Fsp3) is 0.400. The van der Waals surface area contributed by atoms with Gasteiger partial charge in [-0.1, -0.05) is 18.2 Å². The molecular weight excluding hydrogens is 296 g/mol. The van der Waals surface area contributed by atoms with Gasteiger partial charge in [0.25, 0.3) is 5.91 Å². The van der Waals surface area contributed by atoms with Crippen LogP contribution in [0.2, 0.25) is 0 Å². The number of amides is 3. The van der Waals surface area contributed by atoms with Crippen LogP contribution in [-0.2, 0) is 23.9 Å². The molecule has 2 heterocycles. The molecule has 0 spiro atoms. The van der Waals surface area contributed by atoms with Crippen molar-refractivity contribution in [2.24, 2.45) is 7.05 Å². The molecule has 1 N–H and O–H groups in total. The SMILES string of the molecule is Cc1ccc(C2(C)NC(=O)N(Cc3nnnn3C)C2=O)cc1C. The summed E-state index contributed by atoms with van der Waals surface area (Å²) in [5, 5.41) is 13.8. The molecule has 120 valence electrons. The molecule has 1 saturated heterocycles. The van der Waals surface area contributed by atoms with E-state index < -0.39 is 11.6 Å². The highest BCUT2D eigenvalue weighted by atomic mass is 16.2. The van der Waals surface area contributed by atoms with Gasteiger partial charge in [0.2, 0.25) is 0 Å². The number of hydrogen-bond acceptors (Lipinski definition) is 5. The lowest BCUT2D eigenvalue weighted by Gasteiger charge is -2.23. The maximum atomic E-state index is 12.8. The van der Waals surface area contributed by atoms with Gasteiger partial charge in [0.15, 0.2) is 5.82 Å². The molecule has 8 nitrogen and oxygen atoms in total. The molecular formula is C15H18N6O2. The molecule has 2 aromatic rings. The minimum atomic E-state index is -1.08. The average molecular weight is 314 g/mol. The summed E-state index contributed by atoms with van der Waals surface area (Å²) in [4.78, 5) is 26.3. The highest BCUT2D eigenvalue weighted by Crippen LogP contribution is 2.30. The predicted molar refractivity (Wildman–Crippen MR) is 81.1 cm³/mol. The number of benzene rings is 1. The van der Waals surface area contributed by atoms with E-state index in [1.807, 2.05) is 32.0 Å². The number of hydrogen-bond donors (Lipinski definition) is 1. The van der Waals surface area contributed by atoms with Gasteiger partial charge < -0.3 is 5.32 Å². The van der Waals surface area contributed by atoms with Crippen molar-refractivity contribution in [3.05, 3.63) is 40.7 Å². The first-order valence-corrected chi connectivity index (χ1v) is 7.26. The van der Waals surface area contributed by atoms with Gasteiger partial charge in [-0.25, -0.2) is 9.48 Å². The summed E-state index contributed by atoms with van der Waals surface area (Å²) in [5.41, 5.74) is 1.89. The first-order valence-electron chi connectivity index (χ1n) is 7.26. The van der Waals surface area contributed by atoms with Crippen LogP contribution in [0.25, 0.3) is 0 Å². The maximum absolute atomic E-state index is 12.8. The van der Waals surface area contributed by atoms with E-state index in [1.165, 1.54) is 4.68 Å². The first kappa shape index (κ1) is 15.1. The normalized spacial score (nSPS) is 21.0. The second kappa shape index (κ2) is 5.15. The van der Waals surface area contributed by atoms with Crippen molar-refractivity contribution >= 4 is 11.9 Å². The molecule has 1 aliphatic rings. The number of urea groups is 1. The number of imide groups is 1. The number of aromatic nitrogens is 4. The molecule has 23 heavy (non-hydrogen) atoms. The predicted octanol–water partition coefficient (Wildman–Crippen LogP) is 0.794. The largest absolute Gasteiger partial charge is 0.325 e. The Morgan fingerprint density at radius 2 is 1.96 bits per heavy atom. The van der Waals surface area contributed by atoms with Crippen LogP contribution in [0.15, 0.2) is 18.2 Å². The Hall–Kier alpha value is -2.77. The topological polar surface area (TPSA) is 93.0 Å². The smallest absolute Gasteiger partial charge is 0.319 e. The van der Waals surface area contributed by atoms with Crippen LogP contribution >= 0.6 is 0 Å². The van der Waals surface area contributed by atoms with E-state index in [1.54, 1.807) is 14.0 Å². The molecule has 0 radical (unpaired) electrons. The molecule has 1 aromatic heterocycles. The van der Waals surface area contributed by atoms with Crippen LogP contribution in [-0.4, -0.2) is 37.0 Å². The van der Waals surface area contributed by atoms with Crippen molar-refractivity contribution in [2.45, 2.75) is 32.9 Å². The van der Waals surface area contributed by atoms with Gasteiger partial charge >= 0.3 is 6.03 Å². The second-order valence-corrected chi connectivity index (χ2v) is 5.96. The molecule has 1 atom stereocenters. The number of rotatable bonds is 3. The lowest BCUT2D eigenvalue weighted by molar-refractivity contribution is -0.131. The van der Waals surface area contributed by atoms with Crippen LogP contribution in [0.3, 0.4) is 0 Å². The van der Waals surface area contributed by atoms with Crippen molar-refractivity contribution in [2.75, 3.05) is 0 Å². The lowest BCUT2D eigenvalue weighted by Crippen LogP contribution is -2.41. The highest BCUT2D eigenvalue weighted by molar-refractivity contribution is 6.07. The van der Waals surface area contributed by atoms with Crippen molar-refractivity contribution in [3.63, 3.8) is 0 Å². The zero-order valence-corrected chi connectivity index (χ0v) is 13.5. The number of nitrogens with one attached hydrogen (secondary N) is 1. The van der Waals surface area contributed by atoms with E-state index in [2.05, 4.69) is 20.8 Å². The fourth-order valence-electron chi connectivity index (χ4n) is 2.61. The highest BCUT2D eigenvalue weighted by Gasteiger charge is 2.49. The van der Waals surface area contributed by atoms with Crippen LogP contribution in [0.5, 0.6) is 0 Å². The van der Waals surface area contributed by atoms with Gasteiger partial charge in [-0.15, -0.1) is 5.10 Å². The fourth-order valence-corrected chi connectivity index (χ4v) is 2.61. The summed E-state index contributed by atoms with van der Waals surface area (Å²) >= 11 is 0. The third-order valence-electron chi connectivity index (χ3n) is 4.37. The number of tetrazole rings is 1. The van der Waals surface area contributed by atoms with Crippen molar-refractivity contribution in [1.82, 2.24) is 30.4 Å². The molecule has 3 rings (SSSR count). The zero-order chi connectivity index (χ0) is 16.8. The number of carbonyl (C=O) groups excluding carboxylic acids is 2. The number of nitrogens with zero attached hydrogens (tertiary/aromatic N) is 5. The van der Waals surface area contributed by atoms with Gasteiger partial charge in [-0.3, -0.25) is 9.69 Å². The van der Waals surface area contributed by atoms with Gasteiger partial charge in [0.05, 0.1) is 6.54 Å². The molecule has 1 unspecified atom stereocenters. The lowest BCUT2D eigenvalue weighted by atomic mass is 9.90. The molecule has 3 amide bonds. The molecule has 1 aromatic carbocycles. The van der Waals surface area contributed by atoms with E-state index in [-0.39, 0.29) is 12.5 Å². The Morgan fingerprint density at radius 3 is 2.57 bits per heavy atom. The van der Waals surface area contributed by atoms with Crippen molar-refractivity contribution in [1.29, 1.82) is 0 Å². The van der Waals surface area contributed by atoms with E-state index in [0.717, 1.165) is 21.6 Å². The summed E-state index contributed by atoms with van der Waals surface area (Å²) in [6.45, 7) is 5.73. The van der Waals surface area contributed by atoms with E-state index in [0.29, 0.717) is 5.82 Å². The first-order chi connectivity index (χ1) is 10.8.